The molecule has 1 atom stereocenters. The minimum atomic E-state index is 0.652. The Bertz CT molecular complexity index is 236. The maximum atomic E-state index is 5.26. The highest BCUT2D eigenvalue weighted by atomic mass is 32.2. The van der Waals surface area contributed by atoms with Gasteiger partial charge in [0.25, 0.3) is 0 Å². The molecule has 3 heteroatoms. The lowest BCUT2D eigenvalue weighted by Crippen LogP contribution is -2.27. The van der Waals surface area contributed by atoms with Gasteiger partial charge in [0.1, 0.15) is 5.76 Å². The van der Waals surface area contributed by atoms with Gasteiger partial charge in [-0.2, -0.15) is 11.8 Å². The molecule has 1 unspecified atom stereocenters. The molecule has 15 heavy (non-hydrogen) atoms. The Labute approximate surface area is 96.8 Å². The van der Waals surface area contributed by atoms with Crippen LogP contribution in [0.15, 0.2) is 22.8 Å². The molecule has 1 N–H and O–H groups in total. The van der Waals surface area contributed by atoms with Crippen molar-refractivity contribution in [2.24, 2.45) is 0 Å². The first-order valence-corrected chi connectivity index (χ1v) is 6.82. The van der Waals surface area contributed by atoms with Gasteiger partial charge in [-0.15, -0.1) is 0 Å². The van der Waals surface area contributed by atoms with E-state index in [9.17, 15) is 0 Å². The van der Waals surface area contributed by atoms with Gasteiger partial charge < -0.3 is 9.73 Å². The molecule has 2 nitrogen and oxygen atoms in total. The Morgan fingerprint density at radius 3 is 3.07 bits per heavy atom. The zero-order chi connectivity index (χ0) is 10.9. The van der Waals surface area contributed by atoms with Gasteiger partial charge in [0.05, 0.1) is 12.0 Å². The fourth-order valence-corrected chi connectivity index (χ4v) is 2.25. The highest BCUT2D eigenvalue weighted by Crippen LogP contribution is 2.11. The molecule has 86 valence electrons. The van der Waals surface area contributed by atoms with Crippen molar-refractivity contribution in [2.45, 2.75) is 38.5 Å². The molecule has 0 aliphatic rings. The highest BCUT2D eigenvalue weighted by Gasteiger charge is 1.99. The highest BCUT2D eigenvalue weighted by molar-refractivity contribution is 7.98. The van der Waals surface area contributed by atoms with Crippen LogP contribution in [0.4, 0.5) is 0 Å². The largest absolute Gasteiger partial charge is 0.468 e. The summed E-state index contributed by atoms with van der Waals surface area (Å²) in [5.41, 5.74) is 0. The van der Waals surface area contributed by atoms with E-state index in [4.69, 9.17) is 4.42 Å². The van der Waals surface area contributed by atoms with E-state index >= 15 is 0 Å². The molecule has 0 aliphatic carbocycles. The molecule has 0 amide bonds. The maximum Gasteiger partial charge on any atom is 0.113 e. The summed E-state index contributed by atoms with van der Waals surface area (Å²) in [5.74, 6) is 3.20. The maximum absolute atomic E-state index is 5.26. The molecule has 0 aromatic carbocycles. The quantitative estimate of drug-likeness (QED) is 0.690. The lowest BCUT2D eigenvalue weighted by molar-refractivity contribution is 0.524. The molecule has 0 aliphatic heterocycles. The molecule has 1 rings (SSSR count). The Morgan fingerprint density at radius 1 is 1.53 bits per heavy atom. The summed E-state index contributed by atoms with van der Waals surface area (Å²) in [7, 11) is 0. The smallest absolute Gasteiger partial charge is 0.113 e. The van der Waals surface area contributed by atoms with Crippen molar-refractivity contribution < 1.29 is 4.42 Å². The summed E-state index contributed by atoms with van der Waals surface area (Å²) in [5, 5.41) is 3.51. The van der Waals surface area contributed by atoms with Crippen molar-refractivity contribution in [3.8, 4) is 0 Å². The molecule has 0 saturated heterocycles. The Balaban J connectivity index is 1.93. The minimum absolute atomic E-state index is 0.652. The standard InChI is InChI=1S/C12H21NOS/c1-3-5-11(2)13-7-9-15-10-12-6-4-8-14-12/h4,6,8,11,13H,3,5,7,9-10H2,1-2H3. The second-order valence-corrected chi connectivity index (χ2v) is 4.88. The monoisotopic (exact) mass is 227 g/mol. The lowest BCUT2D eigenvalue weighted by atomic mass is 10.2. The van der Waals surface area contributed by atoms with Gasteiger partial charge in [0, 0.05) is 18.3 Å². The Kier molecular flexibility index (Phi) is 6.60. The number of rotatable bonds is 8. The second-order valence-electron chi connectivity index (χ2n) is 3.78. The van der Waals surface area contributed by atoms with Crippen LogP contribution >= 0.6 is 11.8 Å². The normalized spacial score (nSPS) is 12.9. The van der Waals surface area contributed by atoms with E-state index in [0.29, 0.717) is 6.04 Å². The zero-order valence-electron chi connectivity index (χ0n) is 9.66. The van der Waals surface area contributed by atoms with Crippen LogP contribution < -0.4 is 5.32 Å². The number of nitrogens with one attached hydrogen (secondary N) is 1. The fraction of sp³-hybridized carbons (Fsp3) is 0.667. The summed E-state index contributed by atoms with van der Waals surface area (Å²) in [6.45, 7) is 5.57. The summed E-state index contributed by atoms with van der Waals surface area (Å²) in [6, 6.07) is 4.62. The van der Waals surface area contributed by atoms with Gasteiger partial charge in [-0.05, 0) is 25.5 Å². The van der Waals surface area contributed by atoms with E-state index in [1.807, 2.05) is 23.9 Å². The van der Waals surface area contributed by atoms with Crippen molar-refractivity contribution in [1.29, 1.82) is 0 Å². The van der Waals surface area contributed by atoms with Crippen LogP contribution in [0.5, 0.6) is 0 Å². The van der Waals surface area contributed by atoms with Gasteiger partial charge in [-0.25, -0.2) is 0 Å². The summed E-state index contributed by atoms with van der Waals surface area (Å²) >= 11 is 1.91. The second kappa shape index (κ2) is 7.83. The van der Waals surface area contributed by atoms with Gasteiger partial charge in [-0.1, -0.05) is 13.3 Å². The Hall–Kier alpha value is -0.410. The average molecular weight is 227 g/mol. The van der Waals surface area contributed by atoms with Crippen LogP contribution in [0.2, 0.25) is 0 Å². The van der Waals surface area contributed by atoms with Crippen LogP contribution in [0.1, 0.15) is 32.4 Å². The molecule has 1 aromatic rings. The summed E-state index contributed by atoms with van der Waals surface area (Å²) < 4.78 is 5.26. The summed E-state index contributed by atoms with van der Waals surface area (Å²) in [4.78, 5) is 0. The van der Waals surface area contributed by atoms with Gasteiger partial charge in [-0.3, -0.25) is 0 Å². The number of hydrogen-bond acceptors (Lipinski definition) is 3. The van der Waals surface area contributed by atoms with E-state index in [0.717, 1.165) is 23.8 Å². The van der Waals surface area contributed by atoms with E-state index in [2.05, 4.69) is 19.2 Å². The number of furan rings is 1. The minimum Gasteiger partial charge on any atom is -0.468 e. The molecule has 0 radical (unpaired) electrons. The Morgan fingerprint density at radius 2 is 2.40 bits per heavy atom. The fourth-order valence-electron chi connectivity index (χ4n) is 1.48. The van der Waals surface area contributed by atoms with Crippen LogP contribution in [-0.4, -0.2) is 18.3 Å². The van der Waals surface area contributed by atoms with E-state index in [1.165, 1.54) is 12.8 Å². The first-order chi connectivity index (χ1) is 7.33. The van der Waals surface area contributed by atoms with Gasteiger partial charge in [0.2, 0.25) is 0 Å². The van der Waals surface area contributed by atoms with Crippen molar-refractivity contribution >= 4 is 11.8 Å². The van der Waals surface area contributed by atoms with Gasteiger partial charge in [0.15, 0.2) is 0 Å². The summed E-state index contributed by atoms with van der Waals surface area (Å²) in [6.07, 6.45) is 4.26. The molecule has 1 heterocycles. The third kappa shape index (κ3) is 5.90. The van der Waals surface area contributed by atoms with E-state index < -0.39 is 0 Å². The molecule has 0 bridgehead atoms. The van der Waals surface area contributed by atoms with E-state index in [1.54, 1.807) is 6.26 Å². The predicted molar refractivity (Wildman–Crippen MR) is 67.2 cm³/mol. The molecular formula is C12H21NOS. The van der Waals surface area contributed by atoms with Crippen LogP contribution in [-0.2, 0) is 5.75 Å². The van der Waals surface area contributed by atoms with Crippen molar-refractivity contribution in [2.75, 3.05) is 12.3 Å². The molecule has 0 fully saturated rings. The molecule has 0 saturated carbocycles. The zero-order valence-corrected chi connectivity index (χ0v) is 10.5. The van der Waals surface area contributed by atoms with Crippen LogP contribution in [0.25, 0.3) is 0 Å². The lowest BCUT2D eigenvalue weighted by Gasteiger charge is -2.11. The van der Waals surface area contributed by atoms with Crippen LogP contribution in [0, 0.1) is 0 Å². The average Bonchev–Trinajstić information content (AvgIpc) is 2.70. The topological polar surface area (TPSA) is 25.2 Å². The molecule has 0 spiro atoms. The SMILES string of the molecule is CCCC(C)NCCSCc1ccco1. The van der Waals surface area contributed by atoms with Gasteiger partial charge >= 0.3 is 0 Å². The third-order valence-electron chi connectivity index (χ3n) is 2.29. The van der Waals surface area contributed by atoms with Crippen molar-refractivity contribution in [3.05, 3.63) is 24.2 Å². The predicted octanol–water partition coefficient (Wildman–Crippen LogP) is 3.29. The number of thioether (sulfide) groups is 1. The third-order valence-corrected chi connectivity index (χ3v) is 3.27. The number of hydrogen-bond donors (Lipinski definition) is 1. The first-order valence-electron chi connectivity index (χ1n) is 5.66. The molecule has 1 aromatic heterocycles. The molecular weight excluding hydrogens is 206 g/mol. The first kappa shape index (κ1) is 12.7. The van der Waals surface area contributed by atoms with Crippen molar-refractivity contribution in [1.82, 2.24) is 5.32 Å². The van der Waals surface area contributed by atoms with Crippen molar-refractivity contribution in [3.63, 3.8) is 0 Å². The van der Waals surface area contributed by atoms with E-state index in [-0.39, 0.29) is 0 Å². The van der Waals surface area contributed by atoms with Crippen LogP contribution in [0.3, 0.4) is 0 Å².